The van der Waals surface area contributed by atoms with E-state index in [0.29, 0.717) is 0 Å². The lowest BCUT2D eigenvalue weighted by Crippen LogP contribution is -1.94. The molecule has 2 aromatic rings. The second kappa shape index (κ2) is 4.51. The predicted octanol–water partition coefficient (Wildman–Crippen LogP) is 4.05. The fourth-order valence-corrected chi connectivity index (χ4v) is 1.84. The summed E-state index contributed by atoms with van der Waals surface area (Å²) in [4.78, 5) is 10.3. The minimum absolute atomic E-state index is 0.00393. The molecule has 0 saturated carbocycles. The summed E-state index contributed by atoms with van der Waals surface area (Å²) in [6, 6.07) is 10.3. The molecule has 0 heterocycles. The van der Waals surface area contributed by atoms with Crippen molar-refractivity contribution in [2.24, 2.45) is 0 Å². The van der Waals surface area contributed by atoms with Crippen LogP contribution in [0.1, 0.15) is 0 Å². The Morgan fingerprint density at radius 1 is 1.06 bits per heavy atom. The fourth-order valence-electron chi connectivity index (χ4n) is 1.60. The van der Waals surface area contributed by atoms with Gasteiger partial charge >= 0.3 is 0 Å². The molecule has 0 aliphatic carbocycles. The van der Waals surface area contributed by atoms with Gasteiger partial charge in [0.25, 0.3) is 5.69 Å². The van der Waals surface area contributed by atoms with Crippen molar-refractivity contribution in [3.63, 3.8) is 0 Å². The van der Waals surface area contributed by atoms with Gasteiger partial charge in [-0.1, -0.05) is 35.9 Å². The number of hydrogen-bond acceptors (Lipinski definition) is 2. The zero-order chi connectivity index (χ0) is 12.4. The van der Waals surface area contributed by atoms with E-state index in [2.05, 4.69) is 0 Å². The van der Waals surface area contributed by atoms with Crippen molar-refractivity contribution in [3.05, 3.63) is 63.4 Å². The van der Waals surface area contributed by atoms with Crippen LogP contribution in [0.5, 0.6) is 0 Å². The highest BCUT2D eigenvalue weighted by Crippen LogP contribution is 2.36. The van der Waals surface area contributed by atoms with Crippen LogP contribution in [0.3, 0.4) is 0 Å². The summed E-state index contributed by atoms with van der Waals surface area (Å²) >= 11 is 5.76. The van der Waals surface area contributed by atoms with Crippen LogP contribution in [0.4, 0.5) is 10.1 Å². The SMILES string of the molecule is O=[N+]([O-])c1c(Cl)cccc1-c1ccccc1F. The highest BCUT2D eigenvalue weighted by atomic mass is 35.5. The number of benzene rings is 2. The second-order valence-corrected chi connectivity index (χ2v) is 3.78. The molecular weight excluding hydrogens is 245 g/mol. The van der Waals surface area contributed by atoms with Gasteiger partial charge in [0.2, 0.25) is 0 Å². The largest absolute Gasteiger partial charge is 0.295 e. The van der Waals surface area contributed by atoms with Gasteiger partial charge in [0, 0.05) is 5.56 Å². The fraction of sp³-hybridized carbons (Fsp3) is 0. The smallest absolute Gasteiger partial charge is 0.258 e. The molecule has 0 saturated heterocycles. The standard InChI is InChI=1S/C12H7ClFNO2/c13-10-6-3-5-9(12(10)15(16)17)8-4-1-2-7-11(8)14/h1-7H. The number of nitrogens with zero attached hydrogens (tertiary/aromatic N) is 1. The van der Waals surface area contributed by atoms with E-state index in [1.54, 1.807) is 12.1 Å². The molecule has 0 unspecified atom stereocenters. The minimum Gasteiger partial charge on any atom is -0.258 e. The zero-order valence-electron chi connectivity index (χ0n) is 8.56. The molecule has 0 spiro atoms. The maximum absolute atomic E-state index is 13.6. The lowest BCUT2D eigenvalue weighted by Gasteiger charge is -2.05. The summed E-state index contributed by atoms with van der Waals surface area (Å²) in [5.41, 5.74) is 0.0709. The van der Waals surface area contributed by atoms with Crippen LogP contribution in [0.2, 0.25) is 5.02 Å². The number of rotatable bonds is 2. The molecule has 0 aromatic heterocycles. The van der Waals surface area contributed by atoms with E-state index in [-0.39, 0.29) is 21.8 Å². The van der Waals surface area contributed by atoms with Crippen molar-refractivity contribution in [2.75, 3.05) is 0 Å². The van der Waals surface area contributed by atoms with Crippen molar-refractivity contribution >= 4 is 17.3 Å². The van der Waals surface area contributed by atoms with Crippen molar-refractivity contribution in [2.45, 2.75) is 0 Å². The van der Waals surface area contributed by atoms with Gasteiger partial charge in [0.05, 0.1) is 10.5 Å². The first-order valence-corrected chi connectivity index (χ1v) is 5.17. The monoisotopic (exact) mass is 251 g/mol. The molecule has 2 rings (SSSR count). The average molecular weight is 252 g/mol. The van der Waals surface area contributed by atoms with Crippen LogP contribution in [-0.2, 0) is 0 Å². The van der Waals surface area contributed by atoms with Crippen LogP contribution in [-0.4, -0.2) is 4.92 Å². The van der Waals surface area contributed by atoms with Gasteiger partial charge < -0.3 is 0 Å². The Morgan fingerprint density at radius 2 is 1.71 bits per heavy atom. The maximum atomic E-state index is 13.6. The average Bonchev–Trinajstić information content (AvgIpc) is 2.28. The van der Waals surface area contributed by atoms with Crippen LogP contribution >= 0.6 is 11.6 Å². The van der Waals surface area contributed by atoms with Crippen molar-refractivity contribution in [1.82, 2.24) is 0 Å². The molecule has 17 heavy (non-hydrogen) atoms. The Kier molecular flexibility index (Phi) is 3.06. The third-order valence-corrected chi connectivity index (χ3v) is 2.64. The highest BCUT2D eigenvalue weighted by Gasteiger charge is 2.21. The molecule has 0 radical (unpaired) electrons. The highest BCUT2D eigenvalue weighted by molar-refractivity contribution is 6.33. The van der Waals surface area contributed by atoms with Crippen molar-refractivity contribution < 1.29 is 9.31 Å². The van der Waals surface area contributed by atoms with Crippen LogP contribution in [0.15, 0.2) is 42.5 Å². The van der Waals surface area contributed by atoms with E-state index < -0.39 is 10.7 Å². The molecular formula is C12H7ClFNO2. The number of para-hydroxylation sites is 1. The van der Waals surface area contributed by atoms with Gasteiger partial charge in [-0.2, -0.15) is 0 Å². The van der Waals surface area contributed by atoms with Gasteiger partial charge in [-0.15, -0.1) is 0 Å². The van der Waals surface area contributed by atoms with Crippen LogP contribution in [0, 0.1) is 15.9 Å². The van der Waals surface area contributed by atoms with Gasteiger partial charge in [0.15, 0.2) is 0 Å². The number of nitro benzene ring substituents is 1. The minimum atomic E-state index is -0.607. The summed E-state index contributed by atoms with van der Waals surface area (Å²) in [6.07, 6.45) is 0. The lowest BCUT2D eigenvalue weighted by molar-refractivity contribution is -0.384. The summed E-state index contributed by atoms with van der Waals surface area (Å²) in [6.45, 7) is 0. The molecule has 3 nitrogen and oxygen atoms in total. The van der Waals surface area contributed by atoms with E-state index in [4.69, 9.17) is 11.6 Å². The van der Waals surface area contributed by atoms with E-state index >= 15 is 0 Å². The molecule has 0 N–H and O–H groups in total. The molecule has 0 fully saturated rings. The normalized spacial score (nSPS) is 10.2. The molecule has 86 valence electrons. The molecule has 5 heteroatoms. The second-order valence-electron chi connectivity index (χ2n) is 3.37. The Hall–Kier alpha value is -1.94. The first-order chi connectivity index (χ1) is 8.11. The van der Waals surface area contributed by atoms with E-state index in [9.17, 15) is 14.5 Å². The first-order valence-electron chi connectivity index (χ1n) is 4.79. The summed E-state index contributed by atoms with van der Waals surface area (Å²) in [5.74, 6) is -0.516. The van der Waals surface area contributed by atoms with E-state index in [1.165, 1.54) is 30.3 Å². The molecule has 2 aromatic carbocycles. The third-order valence-electron chi connectivity index (χ3n) is 2.33. The van der Waals surface area contributed by atoms with Gasteiger partial charge in [-0.05, 0) is 18.2 Å². The number of hydrogen-bond donors (Lipinski definition) is 0. The van der Waals surface area contributed by atoms with Crippen LogP contribution < -0.4 is 0 Å². The van der Waals surface area contributed by atoms with Gasteiger partial charge in [-0.3, -0.25) is 10.1 Å². The third kappa shape index (κ3) is 2.12. The van der Waals surface area contributed by atoms with Crippen molar-refractivity contribution in [1.29, 1.82) is 0 Å². The van der Waals surface area contributed by atoms with Crippen LogP contribution in [0.25, 0.3) is 11.1 Å². The lowest BCUT2D eigenvalue weighted by atomic mass is 10.0. The Balaban J connectivity index is 2.72. The quantitative estimate of drug-likeness (QED) is 0.597. The molecule has 0 aliphatic rings. The van der Waals surface area contributed by atoms with E-state index in [0.717, 1.165) is 0 Å². The van der Waals surface area contributed by atoms with Gasteiger partial charge in [-0.25, -0.2) is 4.39 Å². The Bertz CT molecular complexity index is 586. The molecule has 0 aliphatic heterocycles. The number of nitro groups is 1. The Morgan fingerprint density at radius 3 is 2.35 bits per heavy atom. The van der Waals surface area contributed by atoms with Crippen molar-refractivity contribution in [3.8, 4) is 11.1 Å². The maximum Gasteiger partial charge on any atom is 0.295 e. The molecule has 0 bridgehead atoms. The van der Waals surface area contributed by atoms with Gasteiger partial charge in [0.1, 0.15) is 10.8 Å². The predicted molar refractivity (Wildman–Crippen MR) is 63.5 cm³/mol. The van der Waals surface area contributed by atoms with E-state index in [1.807, 2.05) is 0 Å². The first kappa shape index (κ1) is 11.5. The summed E-state index contributed by atoms with van der Waals surface area (Å²) in [5, 5.41) is 10.9. The zero-order valence-corrected chi connectivity index (χ0v) is 9.32. The summed E-state index contributed by atoms with van der Waals surface area (Å²) < 4.78 is 13.6. The molecule has 0 amide bonds. The number of halogens is 2. The molecule has 0 atom stereocenters. The topological polar surface area (TPSA) is 43.1 Å². The summed E-state index contributed by atoms with van der Waals surface area (Å²) in [7, 11) is 0. The Labute approximate surface area is 102 Å².